The zero-order valence-electron chi connectivity index (χ0n) is 9.51. The van der Waals surface area contributed by atoms with E-state index in [0.29, 0.717) is 6.42 Å². The Labute approximate surface area is 89.8 Å². The molecule has 0 aromatic heterocycles. The van der Waals surface area contributed by atoms with Gasteiger partial charge in [-0.05, 0) is 6.42 Å². The van der Waals surface area contributed by atoms with Crippen LogP contribution >= 0.6 is 11.8 Å². The predicted octanol–water partition coefficient (Wildman–Crippen LogP) is 1.95. The molecule has 0 aliphatic carbocycles. The summed E-state index contributed by atoms with van der Waals surface area (Å²) >= 11 is 1.25. The van der Waals surface area contributed by atoms with E-state index in [2.05, 4.69) is 0 Å². The molecule has 1 amide bonds. The lowest BCUT2D eigenvalue weighted by Gasteiger charge is -2.31. The summed E-state index contributed by atoms with van der Waals surface area (Å²) in [7, 11) is 0. The van der Waals surface area contributed by atoms with Crippen LogP contribution in [-0.2, 0) is 9.59 Å². The van der Waals surface area contributed by atoms with E-state index in [4.69, 9.17) is 5.73 Å². The molecule has 0 bridgehead atoms. The van der Waals surface area contributed by atoms with Crippen molar-refractivity contribution in [2.24, 2.45) is 11.1 Å². The van der Waals surface area contributed by atoms with Crippen molar-refractivity contribution in [3.8, 4) is 0 Å². The molecular weight excluding hydrogens is 198 g/mol. The third-order valence-corrected chi connectivity index (χ3v) is 2.94. The van der Waals surface area contributed by atoms with E-state index in [1.807, 2.05) is 13.8 Å². The van der Waals surface area contributed by atoms with E-state index in [9.17, 15) is 9.59 Å². The normalized spacial score (nSPS) is 12.6. The Hall–Kier alpha value is -0.510. The van der Waals surface area contributed by atoms with Crippen molar-refractivity contribution >= 4 is 22.8 Å². The van der Waals surface area contributed by atoms with Gasteiger partial charge in [-0.2, -0.15) is 0 Å². The van der Waals surface area contributed by atoms with Crippen LogP contribution in [0.2, 0.25) is 0 Å². The lowest BCUT2D eigenvalue weighted by Crippen LogP contribution is -2.37. The number of hydrogen-bond acceptors (Lipinski definition) is 3. The van der Waals surface area contributed by atoms with Gasteiger partial charge in [0.05, 0.1) is 0 Å². The van der Waals surface area contributed by atoms with Gasteiger partial charge in [0.15, 0.2) is 5.12 Å². The maximum absolute atomic E-state index is 11.1. The highest BCUT2D eigenvalue weighted by Crippen LogP contribution is 2.37. The van der Waals surface area contributed by atoms with Crippen molar-refractivity contribution in [3.63, 3.8) is 0 Å². The molecule has 0 aliphatic rings. The SMILES string of the molecule is CC(=O)SC(C)(C)CC(C)(C)C(N)=O. The second kappa shape index (κ2) is 4.34. The van der Waals surface area contributed by atoms with Gasteiger partial charge in [-0.25, -0.2) is 0 Å². The summed E-state index contributed by atoms with van der Waals surface area (Å²) in [6.45, 7) is 9.03. The van der Waals surface area contributed by atoms with E-state index < -0.39 is 5.41 Å². The van der Waals surface area contributed by atoms with E-state index in [0.717, 1.165) is 0 Å². The number of carbonyl (C=O) groups excluding carboxylic acids is 2. The third-order valence-electron chi connectivity index (χ3n) is 1.95. The first-order valence-electron chi connectivity index (χ1n) is 4.56. The molecule has 0 spiro atoms. The molecule has 0 aliphatic heterocycles. The molecule has 0 fully saturated rings. The second-order valence-corrected chi connectivity index (χ2v) is 6.66. The van der Waals surface area contributed by atoms with Crippen molar-refractivity contribution in [2.75, 3.05) is 0 Å². The zero-order chi connectivity index (χ0) is 11.6. The fourth-order valence-electron chi connectivity index (χ4n) is 1.58. The molecule has 2 N–H and O–H groups in total. The molecule has 3 nitrogen and oxygen atoms in total. The van der Waals surface area contributed by atoms with Crippen LogP contribution in [0.5, 0.6) is 0 Å². The number of carbonyl (C=O) groups is 2. The molecule has 0 aromatic carbocycles. The number of hydrogen-bond donors (Lipinski definition) is 1. The number of amides is 1. The van der Waals surface area contributed by atoms with Crippen molar-refractivity contribution in [1.82, 2.24) is 0 Å². The highest BCUT2D eigenvalue weighted by molar-refractivity contribution is 8.14. The highest BCUT2D eigenvalue weighted by atomic mass is 32.2. The first kappa shape index (κ1) is 13.5. The van der Waals surface area contributed by atoms with Gasteiger partial charge in [0.1, 0.15) is 0 Å². The number of thioether (sulfide) groups is 1. The minimum Gasteiger partial charge on any atom is -0.369 e. The molecule has 0 atom stereocenters. The van der Waals surface area contributed by atoms with Crippen molar-refractivity contribution in [2.45, 2.75) is 45.8 Å². The summed E-state index contributed by atoms with van der Waals surface area (Å²) in [5.41, 5.74) is 4.71. The topological polar surface area (TPSA) is 60.2 Å². The zero-order valence-corrected chi connectivity index (χ0v) is 10.3. The lowest BCUT2D eigenvalue weighted by molar-refractivity contribution is -0.126. The van der Waals surface area contributed by atoms with Crippen LogP contribution in [0.4, 0.5) is 0 Å². The summed E-state index contributed by atoms with van der Waals surface area (Å²) in [4.78, 5) is 22.1. The van der Waals surface area contributed by atoms with Gasteiger partial charge in [-0.3, -0.25) is 9.59 Å². The van der Waals surface area contributed by atoms with Crippen molar-refractivity contribution in [3.05, 3.63) is 0 Å². The Kier molecular flexibility index (Phi) is 4.18. The maximum atomic E-state index is 11.1. The van der Waals surface area contributed by atoms with Crippen LogP contribution in [0.15, 0.2) is 0 Å². The monoisotopic (exact) mass is 217 g/mol. The van der Waals surface area contributed by atoms with Crippen molar-refractivity contribution < 1.29 is 9.59 Å². The number of rotatable bonds is 4. The minimum atomic E-state index is -0.564. The molecule has 82 valence electrons. The minimum absolute atomic E-state index is 0.0651. The average molecular weight is 217 g/mol. The fourth-order valence-corrected chi connectivity index (χ4v) is 2.79. The van der Waals surface area contributed by atoms with Crippen molar-refractivity contribution in [1.29, 1.82) is 0 Å². The summed E-state index contributed by atoms with van der Waals surface area (Å²) in [6, 6.07) is 0. The largest absolute Gasteiger partial charge is 0.369 e. The van der Waals surface area contributed by atoms with E-state index in [-0.39, 0.29) is 15.8 Å². The predicted molar refractivity (Wildman–Crippen MR) is 59.9 cm³/mol. The van der Waals surface area contributed by atoms with Gasteiger partial charge in [0.2, 0.25) is 5.91 Å². The third kappa shape index (κ3) is 4.65. The van der Waals surface area contributed by atoms with Gasteiger partial charge in [0.25, 0.3) is 0 Å². The van der Waals surface area contributed by atoms with E-state index in [1.165, 1.54) is 18.7 Å². The summed E-state index contributed by atoms with van der Waals surface area (Å²) in [5, 5.41) is 0.0651. The smallest absolute Gasteiger partial charge is 0.223 e. The Morgan fingerprint density at radius 1 is 1.21 bits per heavy atom. The average Bonchev–Trinajstić information content (AvgIpc) is 1.79. The Balaban J connectivity index is 4.49. The van der Waals surface area contributed by atoms with Crippen LogP contribution < -0.4 is 5.73 Å². The summed E-state index contributed by atoms with van der Waals surface area (Å²) in [5.74, 6) is -0.324. The molecule has 4 heteroatoms. The molecule has 0 saturated carbocycles. The summed E-state index contributed by atoms with van der Waals surface area (Å²) in [6.07, 6.45) is 0.597. The van der Waals surface area contributed by atoms with Gasteiger partial charge in [-0.1, -0.05) is 39.5 Å². The number of primary amides is 1. The summed E-state index contributed by atoms with van der Waals surface area (Å²) < 4.78 is -0.246. The van der Waals surface area contributed by atoms with Crippen LogP contribution in [0.25, 0.3) is 0 Å². The Morgan fingerprint density at radius 3 is 1.93 bits per heavy atom. The molecule has 0 unspecified atom stereocenters. The molecule has 0 radical (unpaired) electrons. The van der Waals surface area contributed by atoms with Gasteiger partial charge >= 0.3 is 0 Å². The van der Waals surface area contributed by atoms with Gasteiger partial charge < -0.3 is 5.73 Å². The maximum Gasteiger partial charge on any atom is 0.223 e. The van der Waals surface area contributed by atoms with Gasteiger partial charge in [-0.15, -0.1) is 0 Å². The van der Waals surface area contributed by atoms with Crippen LogP contribution in [0.1, 0.15) is 41.0 Å². The van der Waals surface area contributed by atoms with E-state index in [1.54, 1.807) is 13.8 Å². The van der Waals surface area contributed by atoms with E-state index >= 15 is 0 Å². The highest BCUT2D eigenvalue weighted by Gasteiger charge is 2.34. The Morgan fingerprint density at radius 2 is 1.64 bits per heavy atom. The molecule has 0 aromatic rings. The molecule has 0 rings (SSSR count). The molecular formula is C10H19NO2S. The molecule has 0 heterocycles. The standard InChI is InChI=1S/C10H19NO2S/c1-7(12)14-10(4,5)6-9(2,3)8(11)13/h6H2,1-5H3,(H2,11,13). The second-order valence-electron chi connectivity index (χ2n) is 4.78. The van der Waals surface area contributed by atoms with Gasteiger partial charge in [0, 0.05) is 17.1 Å². The first-order valence-corrected chi connectivity index (χ1v) is 5.38. The van der Waals surface area contributed by atoms with Crippen LogP contribution in [-0.4, -0.2) is 15.8 Å². The van der Waals surface area contributed by atoms with Crippen LogP contribution in [0.3, 0.4) is 0 Å². The Bertz CT molecular complexity index is 247. The number of nitrogens with two attached hydrogens (primary N) is 1. The van der Waals surface area contributed by atoms with Crippen LogP contribution in [0, 0.1) is 5.41 Å². The quantitative estimate of drug-likeness (QED) is 0.783. The molecule has 14 heavy (non-hydrogen) atoms. The first-order chi connectivity index (χ1) is 6.07. The lowest BCUT2D eigenvalue weighted by atomic mass is 9.83. The molecule has 0 saturated heterocycles. The fraction of sp³-hybridized carbons (Fsp3) is 0.800.